The van der Waals surface area contributed by atoms with Gasteiger partial charge < -0.3 is 5.73 Å². The van der Waals surface area contributed by atoms with Gasteiger partial charge in [-0.2, -0.15) is 9.61 Å². The highest BCUT2D eigenvalue weighted by atomic mass is 32.1. The lowest BCUT2D eigenvalue weighted by atomic mass is 10.1. The Labute approximate surface area is 115 Å². The summed E-state index contributed by atoms with van der Waals surface area (Å²) in [6, 6.07) is 7.87. The van der Waals surface area contributed by atoms with Crippen LogP contribution in [-0.2, 0) is 6.42 Å². The van der Waals surface area contributed by atoms with E-state index in [-0.39, 0.29) is 0 Å². The molecule has 0 saturated heterocycles. The van der Waals surface area contributed by atoms with Gasteiger partial charge in [0.1, 0.15) is 5.01 Å². The molecule has 1 aromatic carbocycles. The number of aromatic nitrogens is 4. The van der Waals surface area contributed by atoms with E-state index in [4.69, 9.17) is 5.73 Å². The molecule has 0 aliphatic rings. The molecule has 3 rings (SSSR count). The minimum atomic E-state index is 0.312. The Morgan fingerprint density at radius 3 is 2.79 bits per heavy atom. The van der Waals surface area contributed by atoms with Gasteiger partial charge >= 0.3 is 0 Å². The van der Waals surface area contributed by atoms with Crippen LogP contribution in [0.15, 0.2) is 24.3 Å². The van der Waals surface area contributed by atoms with Crippen molar-refractivity contribution in [2.75, 3.05) is 5.73 Å². The zero-order chi connectivity index (χ0) is 13.4. The molecule has 0 atom stereocenters. The zero-order valence-electron chi connectivity index (χ0n) is 10.9. The van der Waals surface area contributed by atoms with Gasteiger partial charge in [0.05, 0.1) is 0 Å². The maximum Gasteiger partial charge on any atom is 0.234 e. The summed E-state index contributed by atoms with van der Waals surface area (Å²) in [5.74, 6) is 1.21. The normalized spacial score (nSPS) is 11.5. The zero-order valence-corrected chi connectivity index (χ0v) is 11.7. The van der Waals surface area contributed by atoms with Gasteiger partial charge in [-0.15, -0.1) is 10.2 Å². The molecule has 0 spiro atoms. The maximum absolute atomic E-state index is 5.96. The van der Waals surface area contributed by atoms with Crippen molar-refractivity contribution in [1.29, 1.82) is 0 Å². The van der Waals surface area contributed by atoms with Crippen LogP contribution in [-0.4, -0.2) is 19.8 Å². The average Bonchev–Trinajstić information content (AvgIpc) is 2.91. The second-order valence-corrected chi connectivity index (χ2v) is 5.82. The van der Waals surface area contributed by atoms with Crippen molar-refractivity contribution in [2.24, 2.45) is 0 Å². The Morgan fingerprint density at radius 2 is 2.05 bits per heavy atom. The Morgan fingerprint density at radius 1 is 1.26 bits per heavy atom. The topological polar surface area (TPSA) is 69.1 Å². The molecule has 19 heavy (non-hydrogen) atoms. The van der Waals surface area contributed by atoms with E-state index in [0.29, 0.717) is 5.92 Å². The SMILES string of the molecule is CC(C)c1nnc2sc(Cc3ccccc3N)nn12. The fourth-order valence-corrected chi connectivity index (χ4v) is 2.82. The van der Waals surface area contributed by atoms with Crippen LogP contribution >= 0.6 is 11.3 Å². The van der Waals surface area contributed by atoms with E-state index in [0.717, 1.165) is 33.5 Å². The third-order valence-electron chi connectivity index (χ3n) is 2.97. The minimum absolute atomic E-state index is 0.312. The largest absolute Gasteiger partial charge is 0.398 e. The predicted molar refractivity (Wildman–Crippen MR) is 76.4 cm³/mol. The summed E-state index contributed by atoms with van der Waals surface area (Å²) in [5.41, 5.74) is 7.86. The van der Waals surface area contributed by atoms with Crippen LogP contribution < -0.4 is 5.73 Å². The molecule has 0 radical (unpaired) electrons. The quantitative estimate of drug-likeness (QED) is 0.744. The van der Waals surface area contributed by atoms with Gasteiger partial charge in [0.15, 0.2) is 5.82 Å². The van der Waals surface area contributed by atoms with Crippen LogP contribution in [0.3, 0.4) is 0 Å². The molecular weight excluding hydrogens is 258 g/mol. The lowest BCUT2D eigenvalue weighted by Gasteiger charge is -2.02. The lowest BCUT2D eigenvalue weighted by molar-refractivity contribution is 0.719. The fourth-order valence-electron chi connectivity index (χ4n) is 1.96. The summed E-state index contributed by atoms with van der Waals surface area (Å²) in [7, 11) is 0. The second kappa shape index (κ2) is 4.62. The van der Waals surface area contributed by atoms with Crippen molar-refractivity contribution in [3.8, 4) is 0 Å². The minimum Gasteiger partial charge on any atom is -0.398 e. The van der Waals surface area contributed by atoms with E-state index in [1.165, 1.54) is 0 Å². The van der Waals surface area contributed by atoms with Gasteiger partial charge in [-0.1, -0.05) is 43.4 Å². The Balaban J connectivity index is 1.96. The standard InChI is InChI=1S/C13H15N5S/c1-8(2)12-15-16-13-18(12)17-11(19-13)7-9-5-3-4-6-10(9)14/h3-6,8H,7,14H2,1-2H3. The molecular formula is C13H15N5S. The monoisotopic (exact) mass is 273 g/mol. The number of hydrogen-bond acceptors (Lipinski definition) is 5. The molecule has 0 bridgehead atoms. The summed E-state index contributed by atoms with van der Waals surface area (Å²) >= 11 is 1.56. The first-order chi connectivity index (χ1) is 9.15. The first-order valence-corrected chi connectivity index (χ1v) is 7.01. The van der Waals surface area contributed by atoms with Crippen LogP contribution in [0.5, 0.6) is 0 Å². The van der Waals surface area contributed by atoms with Gasteiger partial charge in [-0.3, -0.25) is 0 Å². The molecule has 0 fully saturated rings. The number of rotatable bonds is 3. The van der Waals surface area contributed by atoms with Crippen LogP contribution in [0.4, 0.5) is 5.69 Å². The Kier molecular flexibility index (Phi) is 2.94. The van der Waals surface area contributed by atoms with Crippen LogP contribution in [0.1, 0.15) is 36.2 Å². The average molecular weight is 273 g/mol. The van der Waals surface area contributed by atoms with E-state index in [1.807, 2.05) is 28.8 Å². The van der Waals surface area contributed by atoms with Gasteiger partial charge in [0, 0.05) is 18.0 Å². The third kappa shape index (κ3) is 2.19. The smallest absolute Gasteiger partial charge is 0.234 e. The first kappa shape index (κ1) is 12.1. The number of benzene rings is 1. The second-order valence-electron chi connectivity index (χ2n) is 4.78. The Hall–Kier alpha value is -1.95. The summed E-state index contributed by atoms with van der Waals surface area (Å²) in [6.45, 7) is 4.18. The summed E-state index contributed by atoms with van der Waals surface area (Å²) < 4.78 is 1.84. The number of nitrogen functional groups attached to an aromatic ring is 1. The first-order valence-electron chi connectivity index (χ1n) is 6.19. The summed E-state index contributed by atoms with van der Waals surface area (Å²) in [6.07, 6.45) is 0.734. The molecule has 0 aliphatic carbocycles. The maximum atomic E-state index is 5.96. The molecule has 2 N–H and O–H groups in total. The Bertz CT molecular complexity index is 713. The van der Waals surface area contributed by atoms with E-state index in [9.17, 15) is 0 Å². The number of nitrogens with two attached hydrogens (primary N) is 1. The third-order valence-corrected chi connectivity index (χ3v) is 3.87. The summed E-state index contributed by atoms with van der Waals surface area (Å²) in [4.78, 5) is 0.841. The van der Waals surface area contributed by atoms with Crippen molar-refractivity contribution < 1.29 is 0 Å². The number of anilines is 1. The number of hydrogen-bond donors (Lipinski definition) is 1. The number of nitrogens with zero attached hydrogens (tertiary/aromatic N) is 4. The molecule has 2 heterocycles. The number of para-hydroxylation sites is 1. The van der Waals surface area contributed by atoms with Gasteiger partial charge in [-0.25, -0.2) is 0 Å². The highest BCUT2D eigenvalue weighted by Crippen LogP contribution is 2.22. The lowest BCUT2D eigenvalue weighted by Crippen LogP contribution is -2.00. The molecule has 3 aromatic rings. The molecule has 6 heteroatoms. The highest BCUT2D eigenvalue weighted by Gasteiger charge is 2.14. The molecule has 0 aliphatic heterocycles. The highest BCUT2D eigenvalue weighted by molar-refractivity contribution is 7.16. The van der Waals surface area contributed by atoms with Crippen LogP contribution in [0, 0.1) is 0 Å². The van der Waals surface area contributed by atoms with Crippen LogP contribution in [0.2, 0.25) is 0 Å². The van der Waals surface area contributed by atoms with Crippen molar-refractivity contribution in [3.63, 3.8) is 0 Å². The fraction of sp³-hybridized carbons (Fsp3) is 0.308. The van der Waals surface area contributed by atoms with Crippen molar-refractivity contribution in [3.05, 3.63) is 40.7 Å². The molecule has 0 unspecified atom stereocenters. The molecule has 2 aromatic heterocycles. The number of fused-ring (bicyclic) bond motifs is 1. The molecule has 98 valence electrons. The van der Waals surface area contributed by atoms with E-state index < -0.39 is 0 Å². The van der Waals surface area contributed by atoms with Crippen molar-refractivity contribution in [2.45, 2.75) is 26.2 Å². The molecule has 0 saturated carbocycles. The van der Waals surface area contributed by atoms with Gasteiger partial charge in [0.25, 0.3) is 0 Å². The predicted octanol–water partition coefficient (Wildman–Crippen LogP) is 2.48. The van der Waals surface area contributed by atoms with E-state index in [1.54, 1.807) is 11.3 Å². The van der Waals surface area contributed by atoms with Crippen molar-refractivity contribution in [1.82, 2.24) is 19.8 Å². The molecule has 0 amide bonds. The molecule has 5 nitrogen and oxygen atoms in total. The van der Waals surface area contributed by atoms with E-state index >= 15 is 0 Å². The van der Waals surface area contributed by atoms with E-state index in [2.05, 4.69) is 29.1 Å². The summed E-state index contributed by atoms with van der Waals surface area (Å²) in [5, 5.41) is 13.9. The van der Waals surface area contributed by atoms with Gasteiger partial charge in [-0.05, 0) is 11.6 Å². The van der Waals surface area contributed by atoms with Crippen molar-refractivity contribution >= 4 is 22.0 Å². The van der Waals surface area contributed by atoms with Crippen LogP contribution in [0.25, 0.3) is 4.96 Å². The van der Waals surface area contributed by atoms with Gasteiger partial charge in [0.2, 0.25) is 4.96 Å².